The second-order valence-corrected chi connectivity index (χ2v) is 3.90. The summed E-state index contributed by atoms with van der Waals surface area (Å²) < 4.78 is 0. The van der Waals surface area contributed by atoms with Crippen LogP contribution >= 0.6 is 0 Å². The van der Waals surface area contributed by atoms with Gasteiger partial charge in [-0.05, 0) is 39.3 Å². The number of hydrogen-bond donors (Lipinski definition) is 0. The van der Waals surface area contributed by atoms with Crippen LogP contribution in [0.3, 0.4) is 0 Å². The highest BCUT2D eigenvalue weighted by Crippen LogP contribution is 2.33. The lowest BCUT2D eigenvalue weighted by molar-refractivity contribution is 0.189. The molecular weight excluding hydrogens is 160 g/mol. The van der Waals surface area contributed by atoms with Gasteiger partial charge in [0.2, 0.25) is 0 Å². The first kappa shape index (κ1) is 10.3. The van der Waals surface area contributed by atoms with Crippen LogP contribution in [-0.2, 0) is 0 Å². The Morgan fingerprint density at radius 1 is 1.54 bits per heavy atom. The van der Waals surface area contributed by atoms with E-state index in [2.05, 4.69) is 31.7 Å². The maximum atomic E-state index is 9.27. The largest absolute Gasteiger partial charge is 0.285 e. The summed E-state index contributed by atoms with van der Waals surface area (Å²) in [5.41, 5.74) is 2.32. The number of hydrogen-bond acceptors (Lipinski definition) is 2. The fraction of sp³-hybridized carbons (Fsp3) is 0.727. The Kier molecular flexibility index (Phi) is 2.77. The summed E-state index contributed by atoms with van der Waals surface area (Å²) in [7, 11) is 2.04. The molecule has 0 aromatic rings. The Hall–Kier alpha value is -0.810. The van der Waals surface area contributed by atoms with Crippen molar-refractivity contribution in [3.63, 3.8) is 0 Å². The molecule has 0 N–H and O–H groups in total. The first-order valence-corrected chi connectivity index (χ1v) is 4.87. The van der Waals surface area contributed by atoms with Crippen molar-refractivity contribution in [3.8, 4) is 6.07 Å². The van der Waals surface area contributed by atoms with Gasteiger partial charge in [-0.3, -0.25) is 4.90 Å². The van der Waals surface area contributed by atoms with Crippen molar-refractivity contribution < 1.29 is 0 Å². The Morgan fingerprint density at radius 3 is 2.54 bits per heavy atom. The topological polar surface area (TPSA) is 27.0 Å². The molecule has 0 aromatic heterocycles. The second kappa shape index (κ2) is 3.51. The van der Waals surface area contributed by atoms with Gasteiger partial charge in [-0.15, -0.1) is 0 Å². The average molecular weight is 178 g/mol. The molecule has 0 aromatic carbocycles. The third-order valence-electron chi connectivity index (χ3n) is 3.43. The Morgan fingerprint density at radius 2 is 2.15 bits per heavy atom. The van der Waals surface area contributed by atoms with E-state index in [9.17, 15) is 5.26 Å². The molecule has 0 saturated heterocycles. The molecule has 1 rings (SSSR count). The van der Waals surface area contributed by atoms with E-state index in [1.807, 2.05) is 7.05 Å². The number of likely N-dealkylation sites (N-methyl/N-ethyl adjacent to an activating group) is 1. The van der Waals surface area contributed by atoms with Gasteiger partial charge < -0.3 is 0 Å². The maximum absolute atomic E-state index is 9.27. The molecule has 0 spiro atoms. The van der Waals surface area contributed by atoms with E-state index in [4.69, 9.17) is 0 Å². The van der Waals surface area contributed by atoms with E-state index < -0.39 is 0 Å². The minimum atomic E-state index is -0.331. The third kappa shape index (κ3) is 1.38. The fourth-order valence-corrected chi connectivity index (χ4v) is 2.14. The van der Waals surface area contributed by atoms with Gasteiger partial charge in [0.1, 0.15) is 5.54 Å². The second-order valence-electron chi connectivity index (χ2n) is 3.90. The number of nitrogens with zero attached hydrogens (tertiary/aromatic N) is 2. The zero-order valence-electron chi connectivity index (χ0n) is 9.02. The van der Waals surface area contributed by atoms with Crippen molar-refractivity contribution in [3.05, 3.63) is 11.1 Å². The van der Waals surface area contributed by atoms with Crippen LogP contribution in [0.25, 0.3) is 0 Å². The summed E-state index contributed by atoms with van der Waals surface area (Å²) >= 11 is 0. The number of rotatable bonds is 1. The van der Waals surface area contributed by atoms with E-state index in [0.717, 1.165) is 19.4 Å². The van der Waals surface area contributed by atoms with Gasteiger partial charge in [-0.25, -0.2) is 0 Å². The highest BCUT2D eigenvalue weighted by molar-refractivity contribution is 5.34. The lowest BCUT2D eigenvalue weighted by Crippen LogP contribution is -2.49. The molecule has 0 fully saturated rings. The predicted octanol–water partition coefficient (Wildman–Crippen LogP) is 2.33. The van der Waals surface area contributed by atoms with E-state index >= 15 is 0 Å². The molecule has 2 nitrogen and oxygen atoms in total. The standard InChI is InChI=1S/C11H18N2/c1-5-11(8-12)10(3)9(2)6-7-13(11)4/h5-7H2,1-4H3. The molecule has 13 heavy (non-hydrogen) atoms. The molecular formula is C11H18N2. The monoisotopic (exact) mass is 178 g/mol. The zero-order chi connectivity index (χ0) is 10.1. The van der Waals surface area contributed by atoms with Crippen LogP contribution in [0.15, 0.2) is 11.1 Å². The van der Waals surface area contributed by atoms with Crippen LogP contribution < -0.4 is 0 Å². The molecule has 2 heteroatoms. The first-order chi connectivity index (χ1) is 6.08. The Bertz CT molecular complexity index is 272. The highest BCUT2D eigenvalue weighted by Gasteiger charge is 2.38. The normalized spacial score (nSPS) is 30.4. The summed E-state index contributed by atoms with van der Waals surface area (Å²) in [5, 5.41) is 9.27. The van der Waals surface area contributed by atoms with Crippen LogP contribution in [-0.4, -0.2) is 24.0 Å². The van der Waals surface area contributed by atoms with Crippen LogP contribution in [0.5, 0.6) is 0 Å². The van der Waals surface area contributed by atoms with E-state index in [0.29, 0.717) is 0 Å². The van der Waals surface area contributed by atoms with Gasteiger partial charge in [0.25, 0.3) is 0 Å². The summed E-state index contributed by atoms with van der Waals surface area (Å²) in [6.07, 6.45) is 1.98. The summed E-state index contributed by atoms with van der Waals surface area (Å²) in [6, 6.07) is 2.47. The number of nitriles is 1. The summed E-state index contributed by atoms with van der Waals surface area (Å²) in [4.78, 5) is 2.18. The summed E-state index contributed by atoms with van der Waals surface area (Å²) in [6.45, 7) is 7.33. The highest BCUT2D eigenvalue weighted by atomic mass is 15.2. The van der Waals surface area contributed by atoms with Gasteiger partial charge in [0, 0.05) is 6.54 Å². The maximum Gasteiger partial charge on any atom is 0.130 e. The molecule has 0 saturated carbocycles. The Balaban J connectivity index is 3.17. The van der Waals surface area contributed by atoms with Crippen LogP contribution in [0.1, 0.15) is 33.6 Å². The quantitative estimate of drug-likeness (QED) is 0.576. The third-order valence-corrected chi connectivity index (χ3v) is 3.43. The molecule has 1 unspecified atom stereocenters. The van der Waals surface area contributed by atoms with Crippen molar-refractivity contribution in [2.24, 2.45) is 0 Å². The molecule has 1 heterocycles. The lowest BCUT2D eigenvalue weighted by Gasteiger charge is -2.41. The first-order valence-electron chi connectivity index (χ1n) is 4.87. The molecule has 0 bridgehead atoms. The van der Waals surface area contributed by atoms with Crippen LogP contribution in [0.2, 0.25) is 0 Å². The molecule has 1 aliphatic heterocycles. The molecule has 0 aliphatic carbocycles. The molecule has 1 aliphatic rings. The SMILES string of the molecule is CCC1(C#N)C(C)=C(C)CCN1C. The van der Waals surface area contributed by atoms with Crippen molar-refractivity contribution in [1.82, 2.24) is 4.90 Å². The van der Waals surface area contributed by atoms with Crippen molar-refractivity contribution in [2.45, 2.75) is 39.2 Å². The Labute approximate surface area is 80.8 Å². The van der Waals surface area contributed by atoms with Crippen LogP contribution in [0, 0.1) is 11.3 Å². The van der Waals surface area contributed by atoms with Crippen LogP contribution in [0.4, 0.5) is 0 Å². The zero-order valence-corrected chi connectivity index (χ0v) is 9.02. The van der Waals surface area contributed by atoms with Gasteiger partial charge in [0.05, 0.1) is 6.07 Å². The van der Waals surface area contributed by atoms with E-state index in [1.54, 1.807) is 0 Å². The van der Waals surface area contributed by atoms with Crippen molar-refractivity contribution in [2.75, 3.05) is 13.6 Å². The predicted molar refractivity (Wildman–Crippen MR) is 54.3 cm³/mol. The van der Waals surface area contributed by atoms with E-state index in [-0.39, 0.29) is 5.54 Å². The molecule has 0 amide bonds. The van der Waals surface area contributed by atoms with Gasteiger partial charge in [0.15, 0.2) is 0 Å². The lowest BCUT2D eigenvalue weighted by atomic mass is 9.81. The minimum Gasteiger partial charge on any atom is -0.285 e. The minimum absolute atomic E-state index is 0.331. The molecule has 0 radical (unpaired) electrons. The van der Waals surface area contributed by atoms with Crippen molar-refractivity contribution in [1.29, 1.82) is 5.26 Å². The fourth-order valence-electron chi connectivity index (χ4n) is 2.14. The summed E-state index contributed by atoms with van der Waals surface area (Å²) in [5.74, 6) is 0. The van der Waals surface area contributed by atoms with Gasteiger partial charge in [-0.1, -0.05) is 12.5 Å². The van der Waals surface area contributed by atoms with Gasteiger partial charge >= 0.3 is 0 Å². The van der Waals surface area contributed by atoms with E-state index in [1.165, 1.54) is 11.1 Å². The van der Waals surface area contributed by atoms with Crippen molar-refractivity contribution >= 4 is 0 Å². The molecule has 1 atom stereocenters. The molecule has 72 valence electrons. The van der Waals surface area contributed by atoms with Gasteiger partial charge in [-0.2, -0.15) is 5.26 Å². The average Bonchev–Trinajstić information content (AvgIpc) is 2.15. The smallest absolute Gasteiger partial charge is 0.130 e.